The summed E-state index contributed by atoms with van der Waals surface area (Å²) >= 11 is 55.9. The van der Waals surface area contributed by atoms with Crippen molar-refractivity contribution in [2.45, 2.75) is 0 Å². The van der Waals surface area contributed by atoms with E-state index in [1.54, 1.807) is 0 Å². The summed E-state index contributed by atoms with van der Waals surface area (Å²) in [6.07, 6.45) is 0. The van der Waals surface area contributed by atoms with Gasteiger partial charge in [-0.1, -0.05) is 104 Å². The molecule has 0 amide bonds. The molecule has 0 aliphatic heterocycles. The van der Waals surface area contributed by atoms with E-state index in [1.165, 1.54) is 18.2 Å². The summed E-state index contributed by atoms with van der Waals surface area (Å²) in [5, 5.41) is 0.00371. The standard InChI is InChI=1S/C18H7Cl9N2O2/c19-4-1-7(28)13(25)16(10(4)22)30-9-3-6(21)12(24)18(15(9)27)31-17-11(23)5(20)2-8(29)14(17)26/h1-3H,28-29H2. The molecule has 0 aliphatic rings. The van der Waals surface area contributed by atoms with Gasteiger partial charge < -0.3 is 20.9 Å². The normalized spacial score (nSPS) is 11.0. The zero-order chi connectivity index (χ0) is 23.2. The highest BCUT2D eigenvalue weighted by Gasteiger charge is 2.24. The van der Waals surface area contributed by atoms with Crippen molar-refractivity contribution in [3.05, 3.63) is 63.4 Å². The zero-order valence-electron chi connectivity index (χ0n) is 14.6. The largest absolute Gasteiger partial charge is 0.452 e. The molecule has 164 valence electrons. The minimum Gasteiger partial charge on any atom is -0.452 e. The number of rotatable bonds is 4. The first-order chi connectivity index (χ1) is 14.4. The molecule has 3 rings (SSSR count). The third-order valence-electron chi connectivity index (χ3n) is 3.79. The Kier molecular flexibility index (Phi) is 7.90. The molecule has 0 aromatic heterocycles. The maximum absolute atomic E-state index is 6.46. The van der Waals surface area contributed by atoms with Crippen molar-refractivity contribution in [1.29, 1.82) is 0 Å². The van der Waals surface area contributed by atoms with Gasteiger partial charge in [0.05, 0.1) is 26.4 Å². The van der Waals surface area contributed by atoms with E-state index in [-0.39, 0.29) is 79.6 Å². The van der Waals surface area contributed by atoms with E-state index in [1.807, 2.05) is 0 Å². The molecule has 0 radical (unpaired) electrons. The second-order valence-corrected chi connectivity index (χ2v) is 9.32. The lowest BCUT2D eigenvalue weighted by molar-refractivity contribution is 0.462. The third kappa shape index (κ3) is 4.89. The Hall–Kier alpha value is -0.530. The van der Waals surface area contributed by atoms with Gasteiger partial charge in [-0.15, -0.1) is 0 Å². The van der Waals surface area contributed by atoms with E-state index >= 15 is 0 Å². The quantitative estimate of drug-likeness (QED) is 0.230. The predicted octanol–water partition coefficient (Wildman–Crippen LogP) is 10.3. The summed E-state index contributed by atoms with van der Waals surface area (Å²) < 4.78 is 11.5. The lowest BCUT2D eigenvalue weighted by Crippen LogP contribution is -1.97. The molecular formula is C18H7Cl9N2O2. The maximum Gasteiger partial charge on any atom is 0.170 e. The van der Waals surface area contributed by atoms with E-state index in [9.17, 15) is 0 Å². The van der Waals surface area contributed by atoms with Crippen LogP contribution in [0.4, 0.5) is 11.4 Å². The molecule has 0 aliphatic carbocycles. The lowest BCUT2D eigenvalue weighted by atomic mass is 10.2. The molecule has 3 aromatic rings. The summed E-state index contributed by atoms with van der Waals surface area (Å²) in [4.78, 5) is 0. The van der Waals surface area contributed by atoms with Crippen LogP contribution in [0.1, 0.15) is 0 Å². The maximum atomic E-state index is 6.46. The van der Waals surface area contributed by atoms with Crippen LogP contribution in [-0.4, -0.2) is 0 Å². The van der Waals surface area contributed by atoms with Crippen LogP contribution in [0.15, 0.2) is 18.2 Å². The summed E-state index contributed by atoms with van der Waals surface area (Å²) in [7, 11) is 0. The summed E-state index contributed by atoms with van der Waals surface area (Å²) in [6, 6.07) is 4.05. The average Bonchev–Trinajstić information content (AvgIpc) is 2.71. The highest BCUT2D eigenvalue weighted by Crippen LogP contribution is 2.52. The second-order valence-electron chi connectivity index (χ2n) is 5.83. The number of nitrogen functional groups attached to an aromatic ring is 2. The van der Waals surface area contributed by atoms with Crippen LogP contribution < -0.4 is 20.9 Å². The van der Waals surface area contributed by atoms with E-state index < -0.39 is 0 Å². The molecule has 31 heavy (non-hydrogen) atoms. The van der Waals surface area contributed by atoms with Crippen molar-refractivity contribution < 1.29 is 9.47 Å². The second kappa shape index (κ2) is 9.76. The molecule has 0 saturated heterocycles. The first-order valence-corrected chi connectivity index (χ1v) is 11.2. The number of anilines is 2. The van der Waals surface area contributed by atoms with Gasteiger partial charge >= 0.3 is 0 Å². The fourth-order valence-electron chi connectivity index (χ4n) is 2.31. The van der Waals surface area contributed by atoms with E-state index in [0.29, 0.717) is 0 Å². The third-order valence-corrected chi connectivity index (χ3v) is 7.23. The molecule has 3 aromatic carbocycles. The van der Waals surface area contributed by atoms with Crippen LogP contribution in [0.5, 0.6) is 23.0 Å². The molecule has 0 saturated carbocycles. The number of ether oxygens (including phenoxy) is 2. The molecule has 0 heterocycles. The number of halogens is 9. The highest BCUT2D eigenvalue weighted by atomic mass is 35.5. The van der Waals surface area contributed by atoms with Gasteiger partial charge in [0.1, 0.15) is 30.1 Å². The van der Waals surface area contributed by atoms with Gasteiger partial charge in [-0.25, -0.2) is 0 Å². The van der Waals surface area contributed by atoms with Crippen molar-refractivity contribution in [2.75, 3.05) is 11.5 Å². The van der Waals surface area contributed by atoms with Gasteiger partial charge in [-0.05, 0) is 12.1 Å². The van der Waals surface area contributed by atoms with Gasteiger partial charge in [-0.2, -0.15) is 0 Å². The van der Waals surface area contributed by atoms with Crippen LogP contribution >= 0.6 is 104 Å². The Morgan fingerprint density at radius 3 is 1.26 bits per heavy atom. The van der Waals surface area contributed by atoms with E-state index in [4.69, 9.17) is 125 Å². The topological polar surface area (TPSA) is 70.5 Å². The first-order valence-electron chi connectivity index (χ1n) is 7.83. The molecule has 4 N–H and O–H groups in total. The molecule has 13 heteroatoms. The van der Waals surface area contributed by atoms with Gasteiger partial charge in [0.2, 0.25) is 0 Å². The van der Waals surface area contributed by atoms with Crippen molar-refractivity contribution in [1.82, 2.24) is 0 Å². The Balaban J connectivity index is 2.16. The average molecular weight is 602 g/mol. The van der Waals surface area contributed by atoms with E-state index in [0.717, 1.165) is 0 Å². The SMILES string of the molecule is Nc1cc(Cl)c(Cl)c(Oc2cc(Cl)c(Cl)c(Oc3c(Cl)c(N)cc(Cl)c3Cl)c2Cl)c1Cl. The zero-order valence-corrected chi connectivity index (χ0v) is 21.4. The molecule has 0 spiro atoms. The van der Waals surface area contributed by atoms with Gasteiger partial charge in [0.25, 0.3) is 0 Å². The minimum atomic E-state index is -0.140. The molecule has 4 nitrogen and oxygen atoms in total. The first kappa shape index (κ1) is 25.1. The predicted molar refractivity (Wildman–Crippen MR) is 133 cm³/mol. The Morgan fingerprint density at radius 1 is 0.452 bits per heavy atom. The molecular weight excluding hydrogens is 595 g/mol. The van der Waals surface area contributed by atoms with Crippen molar-refractivity contribution in [3.63, 3.8) is 0 Å². The summed E-state index contributed by atoms with van der Waals surface area (Å²) in [5.74, 6) is -0.312. The van der Waals surface area contributed by atoms with Crippen LogP contribution in [-0.2, 0) is 0 Å². The Morgan fingerprint density at radius 2 is 0.806 bits per heavy atom. The Bertz CT molecular complexity index is 1170. The van der Waals surface area contributed by atoms with E-state index in [2.05, 4.69) is 0 Å². The number of hydrogen-bond donors (Lipinski definition) is 2. The number of hydrogen-bond acceptors (Lipinski definition) is 4. The summed E-state index contributed by atoms with van der Waals surface area (Å²) in [6.45, 7) is 0. The summed E-state index contributed by atoms with van der Waals surface area (Å²) in [5.41, 5.74) is 11.9. The monoisotopic (exact) mass is 598 g/mol. The van der Waals surface area contributed by atoms with Crippen molar-refractivity contribution in [3.8, 4) is 23.0 Å². The van der Waals surface area contributed by atoms with Gasteiger partial charge in [0, 0.05) is 6.07 Å². The molecule has 0 fully saturated rings. The number of nitrogens with two attached hydrogens (primary N) is 2. The van der Waals surface area contributed by atoms with Gasteiger partial charge in [0.15, 0.2) is 23.0 Å². The molecule has 0 unspecified atom stereocenters. The van der Waals surface area contributed by atoms with Crippen LogP contribution in [0.25, 0.3) is 0 Å². The fraction of sp³-hybridized carbons (Fsp3) is 0. The van der Waals surface area contributed by atoms with Gasteiger partial charge in [-0.3, -0.25) is 0 Å². The number of benzene rings is 3. The Labute approximate surface area is 221 Å². The fourth-order valence-corrected chi connectivity index (χ4v) is 4.21. The highest BCUT2D eigenvalue weighted by molar-refractivity contribution is 6.47. The van der Waals surface area contributed by atoms with Crippen LogP contribution in [0, 0.1) is 0 Å². The van der Waals surface area contributed by atoms with Crippen LogP contribution in [0.3, 0.4) is 0 Å². The van der Waals surface area contributed by atoms with Crippen LogP contribution in [0.2, 0.25) is 45.2 Å². The molecule has 0 atom stereocenters. The van der Waals surface area contributed by atoms with Crippen molar-refractivity contribution in [2.24, 2.45) is 0 Å². The lowest BCUT2D eigenvalue weighted by Gasteiger charge is -2.18. The smallest absolute Gasteiger partial charge is 0.170 e. The minimum absolute atomic E-state index is 0.000761. The molecule has 0 bridgehead atoms. The van der Waals surface area contributed by atoms with Crippen molar-refractivity contribution >= 4 is 116 Å².